The van der Waals surface area contributed by atoms with E-state index in [-0.39, 0.29) is 0 Å². The summed E-state index contributed by atoms with van der Waals surface area (Å²) < 4.78 is 8.46. The predicted octanol–water partition coefficient (Wildman–Crippen LogP) is 2.72. The number of benzene rings is 2. The number of fused-ring (bicyclic) bond motifs is 3. The minimum absolute atomic E-state index is 0.346. The summed E-state index contributed by atoms with van der Waals surface area (Å²) in [4.78, 5) is 29.6. The minimum atomic E-state index is -0.624. The highest BCUT2D eigenvalue weighted by molar-refractivity contribution is 7.23. The molecule has 4 aromatic rings. The van der Waals surface area contributed by atoms with Crippen LogP contribution in [0.4, 0.5) is 0 Å². The molecule has 0 aliphatic heterocycles. The molecule has 0 atom stereocenters. The molecule has 0 amide bonds. The Kier molecular flexibility index (Phi) is 3.40. The lowest BCUT2D eigenvalue weighted by atomic mass is 10.3. The van der Waals surface area contributed by atoms with Gasteiger partial charge in [-0.15, -0.1) is 0 Å². The van der Waals surface area contributed by atoms with Crippen molar-refractivity contribution in [1.29, 1.82) is 0 Å². The summed E-state index contributed by atoms with van der Waals surface area (Å²) in [6.45, 7) is 0. The Morgan fingerprint density at radius 1 is 1.12 bits per heavy atom. The van der Waals surface area contributed by atoms with E-state index in [1.165, 1.54) is 15.7 Å². The molecule has 0 N–H and O–H groups in total. The minimum Gasteiger partial charge on any atom is -0.497 e. The number of rotatable bonds is 2. The van der Waals surface area contributed by atoms with Crippen LogP contribution in [0.25, 0.3) is 20.9 Å². The highest BCUT2D eigenvalue weighted by Crippen LogP contribution is 2.27. The molecule has 0 saturated carbocycles. The van der Waals surface area contributed by atoms with E-state index in [0.717, 1.165) is 9.27 Å². The van der Waals surface area contributed by atoms with Crippen molar-refractivity contribution in [2.75, 3.05) is 7.11 Å². The lowest BCUT2D eigenvalue weighted by Crippen LogP contribution is -2.37. The predicted molar refractivity (Wildman–Crippen MR) is 94.0 cm³/mol. The van der Waals surface area contributed by atoms with Crippen LogP contribution >= 0.6 is 22.9 Å². The van der Waals surface area contributed by atoms with Gasteiger partial charge >= 0.3 is 11.4 Å². The summed E-state index contributed by atoms with van der Waals surface area (Å²) in [6, 6.07) is 11.8. The molecule has 0 aliphatic rings. The normalized spacial score (nSPS) is 11.2. The summed E-state index contributed by atoms with van der Waals surface area (Å²) in [5.41, 5.74) is 0.00441. The number of hydrogen-bond donors (Lipinski definition) is 0. The SMILES string of the molecule is COc1ccc2c(c1)sc1nc(=O)n(-c3ccc(Cl)cc3)c(=O)n12. The van der Waals surface area contributed by atoms with E-state index in [0.29, 0.717) is 26.9 Å². The van der Waals surface area contributed by atoms with Crippen molar-refractivity contribution < 1.29 is 4.74 Å². The number of ether oxygens (including phenoxy) is 1. The van der Waals surface area contributed by atoms with Gasteiger partial charge in [0.05, 0.1) is 23.0 Å². The van der Waals surface area contributed by atoms with Gasteiger partial charge in [-0.2, -0.15) is 4.98 Å². The van der Waals surface area contributed by atoms with Crippen molar-refractivity contribution in [3.63, 3.8) is 0 Å². The number of thiazole rings is 1. The van der Waals surface area contributed by atoms with E-state index in [1.54, 1.807) is 43.5 Å². The van der Waals surface area contributed by atoms with Gasteiger partial charge in [-0.1, -0.05) is 22.9 Å². The van der Waals surface area contributed by atoms with Gasteiger partial charge in [0.2, 0.25) is 4.96 Å². The van der Waals surface area contributed by atoms with Gasteiger partial charge < -0.3 is 4.74 Å². The quantitative estimate of drug-likeness (QED) is 0.552. The molecule has 0 fully saturated rings. The zero-order valence-electron chi connectivity index (χ0n) is 12.4. The number of halogens is 1. The summed E-state index contributed by atoms with van der Waals surface area (Å²) in [5, 5.41) is 0.522. The van der Waals surface area contributed by atoms with Crippen LogP contribution in [-0.2, 0) is 0 Å². The summed E-state index contributed by atoms with van der Waals surface area (Å²) >= 11 is 7.13. The first kappa shape index (κ1) is 14.9. The molecule has 0 aliphatic carbocycles. The fraction of sp³-hybridized carbons (Fsp3) is 0.0625. The maximum absolute atomic E-state index is 12.9. The Balaban J connectivity index is 2.09. The van der Waals surface area contributed by atoms with Crippen LogP contribution in [0.2, 0.25) is 5.02 Å². The van der Waals surface area contributed by atoms with Gasteiger partial charge in [0.1, 0.15) is 5.75 Å². The molecular formula is C16H10ClN3O3S. The zero-order valence-corrected chi connectivity index (χ0v) is 14.0. The number of nitrogens with zero attached hydrogens (tertiary/aromatic N) is 3. The molecule has 24 heavy (non-hydrogen) atoms. The zero-order chi connectivity index (χ0) is 16.8. The topological polar surface area (TPSA) is 65.6 Å². The van der Waals surface area contributed by atoms with E-state index in [4.69, 9.17) is 16.3 Å². The van der Waals surface area contributed by atoms with Crippen LogP contribution in [0.1, 0.15) is 0 Å². The lowest BCUT2D eigenvalue weighted by molar-refractivity contribution is 0.415. The van der Waals surface area contributed by atoms with Crippen molar-refractivity contribution in [3.05, 3.63) is 68.5 Å². The number of aromatic nitrogens is 3. The first-order chi connectivity index (χ1) is 11.6. The van der Waals surface area contributed by atoms with Crippen molar-refractivity contribution in [3.8, 4) is 11.4 Å². The van der Waals surface area contributed by atoms with Crippen molar-refractivity contribution in [2.45, 2.75) is 0 Å². The first-order valence-corrected chi connectivity index (χ1v) is 8.16. The molecule has 8 heteroatoms. The van der Waals surface area contributed by atoms with Gasteiger partial charge in [-0.05, 0) is 42.5 Å². The van der Waals surface area contributed by atoms with Gasteiger partial charge in [0, 0.05) is 5.02 Å². The molecule has 0 bridgehead atoms. The van der Waals surface area contributed by atoms with E-state index in [9.17, 15) is 9.59 Å². The highest BCUT2D eigenvalue weighted by atomic mass is 35.5. The smallest absolute Gasteiger partial charge is 0.359 e. The second-order valence-electron chi connectivity index (χ2n) is 5.04. The van der Waals surface area contributed by atoms with Gasteiger partial charge in [0.25, 0.3) is 0 Å². The highest BCUT2D eigenvalue weighted by Gasteiger charge is 2.15. The fourth-order valence-electron chi connectivity index (χ4n) is 2.52. The Labute approximate surface area is 144 Å². The van der Waals surface area contributed by atoms with Crippen LogP contribution in [0.3, 0.4) is 0 Å². The molecule has 120 valence electrons. The monoisotopic (exact) mass is 359 g/mol. The van der Waals surface area contributed by atoms with Crippen LogP contribution < -0.4 is 16.1 Å². The second-order valence-corrected chi connectivity index (χ2v) is 6.49. The van der Waals surface area contributed by atoms with E-state index >= 15 is 0 Å². The molecule has 2 aromatic carbocycles. The van der Waals surface area contributed by atoms with Crippen molar-refractivity contribution >= 4 is 38.1 Å². The Morgan fingerprint density at radius 3 is 2.58 bits per heavy atom. The van der Waals surface area contributed by atoms with Gasteiger partial charge in [-0.25, -0.2) is 18.6 Å². The molecule has 4 rings (SSSR count). The molecule has 2 aromatic heterocycles. The van der Waals surface area contributed by atoms with Crippen molar-refractivity contribution in [1.82, 2.24) is 14.0 Å². The van der Waals surface area contributed by atoms with Crippen molar-refractivity contribution in [2.24, 2.45) is 0 Å². The first-order valence-electron chi connectivity index (χ1n) is 6.97. The molecule has 6 nitrogen and oxygen atoms in total. The lowest BCUT2D eigenvalue weighted by Gasteiger charge is -2.05. The third kappa shape index (κ3) is 2.21. The maximum atomic E-state index is 12.9. The van der Waals surface area contributed by atoms with Crippen LogP contribution in [0.15, 0.2) is 52.1 Å². The van der Waals surface area contributed by atoms with E-state index in [2.05, 4.69) is 4.98 Å². The summed E-state index contributed by atoms with van der Waals surface area (Å²) in [5.74, 6) is 0.676. The third-order valence-corrected chi connectivity index (χ3v) is 4.91. The van der Waals surface area contributed by atoms with Gasteiger partial charge in [-0.3, -0.25) is 0 Å². The Bertz CT molecular complexity index is 1190. The molecular weight excluding hydrogens is 350 g/mol. The summed E-state index contributed by atoms with van der Waals surface area (Å²) in [6.07, 6.45) is 0. The van der Waals surface area contributed by atoms with Crippen LogP contribution in [0, 0.1) is 0 Å². The van der Waals surface area contributed by atoms with Crippen LogP contribution in [-0.4, -0.2) is 21.1 Å². The molecule has 2 heterocycles. The average molecular weight is 360 g/mol. The molecule has 0 spiro atoms. The Morgan fingerprint density at radius 2 is 1.88 bits per heavy atom. The maximum Gasteiger partial charge on any atom is 0.359 e. The van der Waals surface area contributed by atoms with E-state index in [1.807, 2.05) is 6.07 Å². The molecule has 0 saturated heterocycles. The summed E-state index contributed by atoms with van der Waals surface area (Å²) in [7, 11) is 1.57. The molecule has 0 unspecified atom stereocenters. The van der Waals surface area contributed by atoms with E-state index < -0.39 is 11.4 Å². The number of hydrogen-bond acceptors (Lipinski definition) is 5. The average Bonchev–Trinajstić information content (AvgIpc) is 2.93. The van der Waals surface area contributed by atoms with Crippen LogP contribution in [0.5, 0.6) is 5.75 Å². The number of methoxy groups -OCH3 is 1. The standard InChI is InChI=1S/C16H10ClN3O3S/c1-23-11-6-7-12-13(8-11)24-15-18-14(21)19(16(22)20(12)15)10-4-2-9(17)3-5-10/h2-8H,1H3. The second kappa shape index (κ2) is 5.47. The molecule has 0 radical (unpaired) electrons. The van der Waals surface area contributed by atoms with Gasteiger partial charge in [0.15, 0.2) is 0 Å². The largest absolute Gasteiger partial charge is 0.497 e. The fourth-order valence-corrected chi connectivity index (χ4v) is 3.67. The Hall–Kier alpha value is -2.64. The third-order valence-electron chi connectivity index (χ3n) is 3.65.